The van der Waals surface area contributed by atoms with Crippen LogP contribution in [0.2, 0.25) is 36.3 Å². The molecular formula is C21H35Cl3O2Si2Ti. The van der Waals surface area contributed by atoms with E-state index in [1.165, 1.54) is 10.8 Å². The van der Waals surface area contributed by atoms with Gasteiger partial charge in [0.2, 0.25) is 8.32 Å². The van der Waals surface area contributed by atoms with Crippen molar-refractivity contribution in [3.8, 4) is 11.5 Å². The molecule has 2 aromatic rings. The molecule has 0 heterocycles. The zero-order valence-corrected chi connectivity index (χ0v) is 24.4. The summed E-state index contributed by atoms with van der Waals surface area (Å²) < 4.78 is 13.5. The van der Waals surface area contributed by atoms with Gasteiger partial charge in [-0.1, -0.05) is 53.7 Å². The summed E-state index contributed by atoms with van der Waals surface area (Å²) in [6, 6.07) is 17.8. The Morgan fingerprint density at radius 1 is 0.759 bits per heavy atom. The molecule has 2 rings (SSSR count). The van der Waals surface area contributed by atoms with E-state index in [1.807, 2.05) is 0 Å². The molecule has 8 heteroatoms. The fourth-order valence-electron chi connectivity index (χ4n) is 3.69. The van der Waals surface area contributed by atoms with Gasteiger partial charge in [0.05, 0.1) is 0 Å². The second-order valence-corrected chi connectivity index (χ2v) is 24.5. The van der Waals surface area contributed by atoms with Crippen molar-refractivity contribution in [3.05, 3.63) is 30.3 Å². The SMILES string of the molecule is CC[Si](CC)(CC)Oc1cc2cc[cH-]c2cc1O[Si](CC)(CC)CC.[Cl][Ti+]([Cl])[Cl]. The predicted molar refractivity (Wildman–Crippen MR) is 133 cm³/mol. The molecule has 0 aliphatic carbocycles. The third kappa shape index (κ3) is 7.82. The summed E-state index contributed by atoms with van der Waals surface area (Å²) in [5.74, 6) is 1.98. The van der Waals surface area contributed by atoms with Crippen molar-refractivity contribution >= 4 is 55.3 Å². The average molecular weight is 530 g/mol. The van der Waals surface area contributed by atoms with E-state index >= 15 is 0 Å². The topological polar surface area (TPSA) is 18.5 Å². The average Bonchev–Trinajstić information content (AvgIpc) is 3.17. The molecule has 0 saturated carbocycles. The molecule has 0 unspecified atom stereocenters. The number of halogens is 3. The Balaban J connectivity index is 0.000000960. The number of rotatable bonds is 10. The van der Waals surface area contributed by atoms with Crippen LogP contribution < -0.4 is 8.85 Å². The molecule has 0 N–H and O–H groups in total. The first kappa shape index (κ1) is 27.5. The van der Waals surface area contributed by atoms with E-state index in [9.17, 15) is 0 Å². The summed E-state index contributed by atoms with van der Waals surface area (Å²) in [4.78, 5) is 0. The zero-order valence-electron chi connectivity index (χ0n) is 18.6. The molecular weight excluding hydrogens is 495 g/mol. The summed E-state index contributed by atoms with van der Waals surface area (Å²) in [5.41, 5.74) is 0. The van der Waals surface area contributed by atoms with E-state index < -0.39 is 31.3 Å². The molecule has 29 heavy (non-hydrogen) atoms. The van der Waals surface area contributed by atoms with Crippen molar-refractivity contribution in [1.29, 1.82) is 0 Å². The number of hydrogen-bond acceptors (Lipinski definition) is 2. The molecule has 2 nitrogen and oxygen atoms in total. The molecule has 0 fully saturated rings. The van der Waals surface area contributed by atoms with Crippen molar-refractivity contribution in [2.24, 2.45) is 0 Å². The first-order valence-electron chi connectivity index (χ1n) is 10.6. The second kappa shape index (κ2) is 13.1. The maximum atomic E-state index is 6.77. The third-order valence-electron chi connectivity index (χ3n) is 6.22. The minimum atomic E-state index is -1.92. The van der Waals surface area contributed by atoms with Crippen LogP contribution in [0.15, 0.2) is 30.3 Å². The van der Waals surface area contributed by atoms with Gasteiger partial charge in [-0.2, -0.15) is 12.1 Å². The Hall–Kier alpha value is 0.448. The molecule has 164 valence electrons. The van der Waals surface area contributed by atoms with Gasteiger partial charge >= 0.3 is 42.6 Å². The van der Waals surface area contributed by atoms with Crippen molar-refractivity contribution in [3.63, 3.8) is 0 Å². The molecule has 0 radical (unpaired) electrons. The van der Waals surface area contributed by atoms with Gasteiger partial charge in [-0.25, -0.2) is 0 Å². The molecule has 0 saturated heterocycles. The zero-order chi connectivity index (χ0) is 22.1. The monoisotopic (exact) mass is 528 g/mol. The molecule has 2 aromatic carbocycles. The Morgan fingerprint density at radius 2 is 1.14 bits per heavy atom. The third-order valence-corrected chi connectivity index (χ3v) is 15.3. The van der Waals surface area contributed by atoms with E-state index in [0.29, 0.717) is 0 Å². The molecule has 0 bridgehead atoms. The van der Waals surface area contributed by atoms with Crippen LogP contribution in [-0.4, -0.2) is 16.6 Å². The van der Waals surface area contributed by atoms with Gasteiger partial charge < -0.3 is 8.85 Å². The van der Waals surface area contributed by atoms with Crippen molar-refractivity contribution in [2.45, 2.75) is 77.8 Å². The molecule has 0 aliphatic rings. The van der Waals surface area contributed by atoms with Gasteiger partial charge in [-0.05, 0) is 36.3 Å². The summed E-state index contributed by atoms with van der Waals surface area (Å²) in [7, 11) is 11.5. The normalized spacial score (nSPS) is 11.8. The van der Waals surface area contributed by atoms with Gasteiger partial charge in [-0.3, -0.25) is 0 Å². The maximum absolute atomic E-state index is 6.77. The van der Waals surface area contributed by atoms with Crippen molar-refractivity contribution in [2.75, 3.05) is 0 Å². The first-order chi connectivity index (χ1) is 13.7. The van der Waals surface area contributed by atoms with Gasteiger partial charge in [0, 0.05) is 0 Å². The standard InChI is InChI=1S/C21H35O2Si2.3ClH.Ti/c1-7-24(8-2,9-3)22-20-16-18-14-13-15-19(18)17-21(20)23-25(10-4,11-5)12-6;;;;/h13-17H,7-12H2,1-6H3;3*1H;/q-1;;;;+4/p-3. The predicted octanol–water partition coefficient (Wildman–Crippen LogP) is 9.39. The van der Waals surface area contributed by atoms with Crippen LogP contribution in [0.3, 0.4) is 0 Å². The Kier molecular flexibility index (Phi) is 12.4. The fourth-order valence-corrected chi connectivity index (χ4v) is 8.81. The van der Waals surface area contributed by atoms with E-state index in [-0.39, 0.29) is 0 Å². The molecule has 0 spiro atoms. The Labute approximate surface area is 197 Å². The molecule has 0 amide bonds. The number of fused-ring (bicyclic) bond motifs is 1. The van der Waals surface area contributed by atoms with Crippen LogP contribution in [0.4, 0.5) is 0 Å². The Bertz CT molecular complexity index is 657. The van der Waals surface area contributed by atoms with Crippen LogP contribution in [0.25, 0.3) is 10.8 Å². The van der Waals surface area contributed by atoms with Crippen LogP contribution in [-0.2, 0) is 14.7 Å². The quantitative estimate of drug-likeness (QED) is 0.225. The van der Waals surface area contributed by atoms with Crippen LogP contribution >= 0.6 is 27.9 Å². The summed E-state index contributed by atoms with van der Waals surface area (Å²) in [6.07, 6.45) is 0. The first-order valence-corrected chi connectivity index (χ1v) is 22.2. The van der Waals surface area contributed by atoms with E-state index in [2.05, 4.69) is 71.9 Å². The van der Waals surface area contributed by atoms with E-state index in [4.69, 9.17) is 36.8 Å². The van der Waals surface area contributed by atoms with E-state index in [1.54, 1.807) is 0 Å². The number of benzene rings is 1. The van der Waals surface area contributed by atoms with Crippen LogP contribution in [0.1, 0.15) is 41.5 Å². The molecule has 0 atom stereocenters. The van der Waals surface area contributed by atoms with E-state index in [0.717, 1.165) is 47.8 Å². The summed E-state index contributed by atoms with van der Waals surface area (Å²) >= 11 is -1.92. The summed E-state index contributed by atoms with van der Waals surface area (Å²) in [6.45, 7) is 13.7. The number of hydrogen-bond donors (Lipinski definition) is 0. The van der Waals surface area contributed by atoms with Crippen LogP contribution in [0, 0.1) is 0 Å². The van der Waals surface area contributed by atoms with Crippen molar-refractivity contribution < 1.29 is 23.5 Å². The van der Waals surface area contributed by atoms with Gasteiger partial charge in [0.15, 0.2) is 0 Å². The van der Waals surface area contributed by atoms with Gasteiger partial charge in [-0.15, -0.1) is 16.8 Å². The molecule has 0 aromatic heterocycles. The van der Waals surface area contributed by atoms with Crippen LogP contribution in [0.5, 0.6) is 11.5 Å². The second-order valence-electron chi connectivity index (χ2n) is 7.36. The Morgan fingerprint density at radius 3 is 1.52 bits per heavy atom. The fraction of sp³-hybridized carbons (Fsp3) is 0.571. The van der Waals surface area contributed by atoms with Gasteiger partial charge in [0.25, 0.3) is 8.32 Å². The van der Waals surface area contributed by atoms with Crippen molar-refractivity contribution in [1.82, 2.24) is 0 Å². The minimum absolute atomic E-state index is 0.989. The molecule has 0 aliphatic heterocycles. The summed E-state index contributed by atoms with van der Waals surface area (Å²) in [5, 5.41) is 2.51. The van der Waals surface area contributed by atoms with Gasteiger partial charge in [0.1, 0.15) is 11.5 Å².